The van der Waals surface area contributed by atoms with E-state index in [1.54, 1.807) is 12.1 Å². The summed E-state index contributed by atoms with van der Waals surface area (Å²) in [6.07, 6.45) is 3.06. The number of nitrogens with one attached hydrogen (secondary N) is 1. The van der Waals surface area contributed by atoms with Crippen molar-refractivity contribution in [1.82, 2.24) is 9.88 Å². The molecular formula is C13H17FN2O2S. The second-order valence-corrected chi connectivity index (χ2v) is 6.82. The average molecular weight is 284 g/mol. The van der Waals surface area contributed by atoms with Crippen LogP contribution in [0, 0.1) is 5.82 Å². The lowest BCUT2D eigenvalue weighted by atomic mass is 10.2. The van der Waals surface area contributed by atoms with Gasteiger partial charge in [-0.05, 0) is 18.2 Å². The van der Waals surface area contributed by atoms with Crippen LogP contribution in [0.1, 0.15) is 0 Å². The first-order valence-corrected chi connectivity index (χ1v) is 8.15. The molecule has 0 saturated heterocycles. The Morgan fingerprint density at radius 3 is 2.79 bits per heavy atom. The number of hydrogen-bond acceptors (Lipinski definition) is 3. The van der Waals surface area contributed by atoms with Gasteiger partial charge in [-0.3, -0.25) is 0 Å². The summed E-state index contributed by atoms with van der Waals surface area (Å²) >= 11 is 0. The van der Waals surface area contributed by atoms with Crippen molar-refractivity contribution in [3.8, 4) is 0 Å². The van der Waals surface area contributed by atoms with Crippen molar-refractivity contribution in [3.05, 3.63) is 36.3 Å². The van der Waals surface area contributed by atoms with Crippen LogP contribution in [0.3, 0.4) is 0 Å². The molecule has 1 aromatic heterocycles. The Morgan fingerprint density at radius 2 is 2.05 bits per heavy atom. The quantitative estimate of drug-likeness (QED) is 0.816. The summed E-state index contributed by atoms with van der Waals surface area (Å²) in [5.74, 6) is -0.0880. The minimum atomic E-state index is -2.92. The van der Waals surface area contributed by atoms with Crippen LogP contribution in [0.5, 0.6) is 0 Å². The first kappa shape index (κ1) is 14.0. The van der Waals surface area contributed by atoms with Gasteiger partial charge in [0.2, 0.25) is 0 Å². The highest BCUT2D eigenvalue weighted by Crippen LogP contribution is 2.18. The number of rotatable bonds is 6. The maximum absolute atomic E-state index is 13.5. The van der Waals surface area contributed by atoms with Gasteiger partial charge in [-0.2, -0.15) is 0 Å². The number of halogens is 1. The van der Waals surface area contributed by atoms with Gasteiger partial charge >= 0.3 is 0 Å². The van der Waals surface area contributed by atoms with Crippen LogP contribution in [0.25, 0.3) is 10.9 Å². The van der Waals surface area contributed by atoms with Gasteiger partial charge in [0.25, 0.3) is 0 Å². The molecule has 104 valence electrons. The van der Waals surface area contributed by atoms with E-state index in [0.29, 0.717) is 25.0 Å². The summed E-state index contributed by atoms with van der Waals surface area (Å²) in [6.45, 7) is 1.76. The molecule has 0 aliphatic carbocycles. The average Bonchev–Trinajstić information content (AvgIpc) is 2.72. The molecule has 4 nitrogen and oxygen atoms in total. The Kier molecular flexibility index (Phi) is 4.21. The number of fused-ring (bicyclic) bond motifs is 1. The molecule has 0 bridgehead atoms. The summed E-state index contributed by atoms with van der Waals surface area (Å²) in [4.78, 5) is 0. The van der Waals surface area contributed by atoms with Crippen LogP contribution in [0.15, 0.2) is 30.5 Å². The highest BCUT2D eigenvalue weighted by atomic mass is 32.2. The van der Waals surface area contributed by atoms with Gasteiger partial charge in [0, 0.05) is 37.5 Å². The van der Waals surface area contributed by atoms with Crippen LogP contribution in [0.4, 0.5) is 4.39 Å². The van der Waals surface area contributed by atoms with Crippen LogP contribution < -0.4 is 5.32 Å². The number of sulfone groups is 1. The van der Waals surface area contributed by atoms with Crippen LogP contribution >= 0.6 is 0 Å². The second-order valence-electron chi connectivity index (χ2n) is 4.56. The Morgan fingerprint density at radius 1 is 1.26 bits per heavy atom. The predicted octanol–water partition coefficient (Wildman–Crippen LogP) is 1.41. The maximum atomic E-state index is 13.5. The van der Waals surface area contributed by atoms with Gasteiger partial charge in [-0.1, -0.05) is 6.07 Å². The summed E-state index contributed by atoms with van der Waals surface area (Å²) in [5, 5.41) is 3.68. The lowest BCUT2D eigenvalue weighted by Crippen LogP contribution is -2.25. The van der Waals surface area contributed by atoms with Crippen LogP contribution in [-0.4, -0.2) is 38.1 Å². The molecule has 0 saturated carbocycles. The van der Waals surface area contributed by atoms with E-state index in [2.05, 4.69) is 5.32 Å². The number of nitrogens with zero attached hydrogens (tertiary/aromatic N) is 1. The van der Waals surface area contributed by atoms with E-state index in [9.17, 15) is 12.8 Å². The molecule has 1 N–H and O–H groups in total. The summed E-state index contributed by atoms with van der Waals surface area (Å²) in [5.41, 5.74) is 0.852. The summed E-state index contributed by atoms with van der Waals surface area (Å²) in [6, 6.07) is 6.75. The van der Waals surface area contributed by atoms with E-state index < -0.39 is 9.84 Å². The highest BCUT2D eigenvalue weighted by Gasteiger charge is 2.05. The largest absolute Gasteiger partial charge is 0.346 e. The van der Waals surface area contributed by atoms with E-state index >= 15 is 0 Å². The number of aromatic nitrogens is 1. The molecule has 0 amide bonds. The van der Waals surface area contributed by atoms with Gasteiger partial charge in [-0.15, -0.1) is 0 Å². The topological polar surface area (TPSA) is 51.1 Å². The fourth-order valence-corrected chi connectivity index (χ4v) is 2.48. The summed E-state index contributed by atoms with van der Waals surface area (Å²) in [7, 11) is -2.92. The van der Waals surface area contributed by atoms with Crippen molar-refractivity contribution in [2.24, 2.45) is 0 Å². The van der Waals surface area contributed by atoms with E-state index in [4.69, 9.17) is 0 Å². The lowest BCUT2D eigenvalue weighted by molar-refractivity contribution is 0.589. The molecule has 0 fully saturated rings. The zero-order valence-corrected chi connectivity index (χ0v) is 11.6. The van der Waals surface area contributed by atoms with Crippen molar-refractivity contribution in [2.45, 2.75) is 6.54 Å². The maximum Gasteiger partial charge on any atom is 0.148 e. The molecule has 0 aliphatic heterocycles. The fourth-order valence-electron chi connectivity index (χ4n) is 1.96. The zero-order chi connectivity index (χ0) is 13.9. The Hall–Kier alpha value is -1.40. The van der Waals surface area contributed by atoms with Crippen molar-refractivity contribution < 1.29 is 12.8 Å². The third-order valence-electron chi connectivity index (χ3n) is 2.94. The molecule has 6 heteroatoms. The molecule has 1 aromatic carbocycles. The minimum Gasteiger partial charge on any atom is -0.346 e. The zero-order valence-electron chi connectivity index (χ0n) is 10.8. The first-order valence-electron chi connectivity index (χ1n) is 6.09. The van der Waals surface area contributed by atoms with Gasteiger partial charge in [-0.25, -0.2) is 12.8 Å². The monoisotopic (exact) mass is 284 g/mol. The first-order chi connectivity index (χ1) is 8.97. The van der Waals surface area contributed by atoms with Crippen LogP contribution in [0.2, 0.25) is 0 Å². The third kappa shape index (κ3) is 3.78. The minimum absolute atomic E-state index is 0.133. The normalized spacial score (nSPS) is 12.1. The number of benzene rings is 1. The van der Waals surface area contributed by atoms with Crippen molar-refractivity contribution in [3.63, 3.8) is 0 Å². The smallest absolute Gasteiger partial charge is 0.148 e. The number of hydrogen-bond donors (Lipinski definition) is 1. The standard InChI is InChI=1S/C13H17FN2O2S/c1-19(17,18)10-7-15-6-9-16-8-5-11-12(14)3-2-4-13(11)16/h2-5,8,15H,6-7,9-10H2,1H3. The molecule has 0 atom stereocenters. The third-order valence-corrected chi connectivity index (χ3v) is 3.89. The molecule has 0 unspecified atom stereocenters. The predicted molar refractivity (Wildman–Crippen MR) is 74.5 cm³/mol. The van der Waals surface area contributed by atoms with Crippen molar-refractivity contribution >= 4 is 20.7 Å². The van der Waals surface area contributed by atoms with Gasteiger partial charge in [0.15, 0.2) is 0 Å². The van der Waals surface area contributed by atoms with Crippen LogP contribution in [-0.2, 0) is 16.4 Å². The molecule has 1 heterocycles. The Bertz CT molecular complexity index is 664. The van der Waals surface area contributed by atoms with Crippen molar-refractivity contribution in [1.29, 1.82) is 0 Å². The molecule has 0 aliphatic rings. The fraction of sp³-hybridized carbons (Fsp3) is 0.385. The van der Waals surface area contributed by atoms with Gasteiger partial charge in [0.05, 0.1) is 11.3 Å². The SMILES string of the molecule is CS(=O)(=O)CCNCCn1ccc2c(F)cccc21. The van der Waals surface area contributed by atoms with E-state index in [1.165, 1.54) is 12.3 Å². The van der Waals surface area contributed by atoms with Gasteiger partial charge in [0.1, 0.15) is 15.7 Å². The second kappa shape index (κ2) is 5.71. The molecule has 0 radical (unpaired) electrons. The molecule has 2 aromatic rings. The van der Waals surface area contributed by atoms with Crippen molar-refractivity contribution in [2.75, 3.05) is 25.1 Å². The highest BCUT2D eigenvalue weighted by molar-refractivity contribution is 7.90. The Balaban J connectivity index is 1.90. The van der Waals surface area contributed by atoms with E-state index in [-0.39, 0.29) is 11.6 Å². The Labute approximate surface area is 112 Å². The molecule has 2 rings (SSSR count). The lowest BCUT2D eigenvalue weighted by Gasteiger charge is -2.07. The van der Waals surface area contributed by atoms with Gasteiger partial charge < -0.3 is 9.88 Å². The summed E-state index contributed by atoms with van der Waals surface area (Å²) < 4.78 is 37.3. The molecule has 19 heavy (non-hydrogen) atoms. The van der Waals surface area contributed by atoms with E-state index in [0.717, 1.165) is 5.52 Å². The molecule has 0 spiro atoms. The van der Waals surface area contributed by atoms with E-state index in [1.807, 2.05) is 16.8 Å². The molecular weight excluding hydrogens is 267 g/mol.